The van der Waals surface area contributed by atoms with Gasteiger partial charge in [0.15, 0.2) is 11.6 Å². The summed E-state index contributed by atoms with van der Waals surface area (Å²) in [6.07, 6.45) is 1.69. The Bertz CT molecular complexity index is 1300. The van der Waals surface area contributed by atoms with Gasteiger partial charge in [-0.3, -0.25) is 9.59 Å². The van der Waals surface area contributed by atoms with Gasteiger partial charge in [-0.25, -0.2) is 0 Å². The van der Waals surface area contributed by atoms with Crippen molar-refractivity contribution in [1.29, 1.82) is 0 Å². The van der Waals surface area contributed by atoms with Crippen LogP contribution in [0.4, 0.5) is 17.1 Å². The molecule has 0 bridgehead atoms. The minimum Gasteiger partial charge on any atom is -0.311 e. The molecule has 160 valence electrons. The zero-order valence-corrected chi connectivity index (χ0v) is 18.6. The summed E-state index contributed by atoms with van der Waals surface area (Å²) in [7, 11) is 0. The molecule has 0 heterocycles. The molecule has 1 aliphatic carbocycles. The molecule has 0 unspecified atom stereocenters. The van der Waals surface area contributed by atoms with Crippen molar-refractivity contribution in [3.63, 3.8) is 0 Å². The van der Waals surface area contributed by atoms with Gasteiger partial charge in [0.25, 0.3) is 0 Å². The molecule has 0 atom stereocenters. The van der Waals surface area contributed by atoms with Gasteiger partial charge in [0.05, 0.1) is 5.57 Å². The monoisotopic (exact) mass is 429 g/mol. The summed E-state index contributed by atoms with van der Waals surface area (Å²) in [6, 6.07) is 31.8. The van der Waals surface area contributed by atoms with Crippen LogP contribution in [0, 0.1) is 13.8 Å². The van der Waals surface area contributed by atoms with E-state index in [0.717, 1.165) is 22.6 Å². The summed E-state index contributed by atoms with van der Waals surface area (Å²) in [5.41, 5.74) is 7.53. The predicted octanol–water partition coefficient (Wildman–Crippen LogP) is 7.24. The van der Waals surface area contributed by atoms with Gasteiger partial charge in [0, 0.05) is 28.2 Å². The number of hydrogen-bond acceptors (Lipinski definition) is 3. The van der Waals surface area contributed by atoms with E-state index in [4.69, 9.17) is 0 Å². The number of hydrogen-bond donors (Lipinski definition) is 0. The van der Waals surface area contributed by atoms with Crippen LogP contribution in [-0.2, 0) is 0 Å². The van der Waals surface area contributed by atoms with E-state index >= 15 is 0 Å². The zero-order valence-electron chi connectivity index (χ0n) is 18.6. The van der Waals surface area contributed by atoms with Gasteiger partial charge in [0.2, 0.25) is 0 Å². The third kappa shape index (κ3) is 3.90. The standard InChI is InChI=1S/C30H23NO2/c1-20-7-13-23(14-8-20)31(24-15-9-21(2)10-16-24)25-17-11-22(12-18-25)19-28-29(32)26-5-3-4-6-27(26)30(28)33/h3-19H,1-2H3. The SMILES string of the molecule is Cc1ccc(N(c2ccc(C)cc2)c2ccc(C=C3C(=O)c4ccccc4C3=O)cc2)cc1. The molecule has 0 spiro atoms. The third-order valence-electron chi connectivity index (χ3n) is 5.95. The molecular weight excluding hydrogens is 406 g/mol. The van der Waals surface area contributed by atoms with Crippen LogP contribution in [0.15, 0.2) is 103 Å². The van der Waals surface area contributed by atoms with Crippen LogP contribution < -0.4 is 4.90 Å². The Hall–Kier alpha value is -4.24. The van der Waals surface area contributed by atoms with Crippen LogP contribution >= 0.6 is 0 Å². The minimum atomic E-state index is -0.208. The molecule has 4 aromatic rings. The van der Waals surface area contributed by atoms with E-state index in [1.807, 2.05) is 24.3 Å². The summed E-state index contributed by atoms with van der Waals surface area (Å²) in [4.78, 5) is 27.6. The third-order valence-corrected chi connectivity index (χ3v) is 5.95. The fraction of sp³-hybridized carbons (Fsp3) is 0.0667. The van der Waals surface area contributed by atoms with Crippen LogP contribution in [0.3, 0.4) is 0 Å². The lowest BCUT2D eigenvalue weighted by atomic mass is 10.1. The van der Waals surface area contributed by atoms with Crippen molar-refractivity contribution in [3.8, 4) is 0 Å². The van der Waals surface area contributed by atoms with Gasteiger partial charge in [-0.15, -0.1) is 0 Å². The first-order chi connectivity index (χ1) is 16.0. The lowest BCUT2D eigenvalue weighted by Crippen LogP contribution is -2.09. The van der Waals surface area contributed by atoms with Crippen LogP contribution in [0.1, 0.15) is 37.4 Å². The van der Waals surface area contributed by atoms with Gasteiger partial charge in [-0.1, -0.05) is 71.8 Å². The van der Waals surface area contributed by atoms with Crippen molar-refractivity contribution in [2.45, 2.75) is 13.8 Å². The Morgan fingerprint density at radius 1 is 0.545 bits per heavy atom. The topological polar surface area (TPSA) is 37.4 Å². The number of fused-ring (bicyclic) bond motifs is 1. The Morgan fingerprint density at radius 2 is 0.939 bits per heavy atom. The Morgan fingerprint density at radius 3 is 1.36 bits per heavy atom. The number of carbonyl (C=O) groups is 2. The minimum absolute atomic E-state index is 0.208. The lowest BCUT2D eigenvalue weighted by Gasteiger charge is -2.26. The molecule has 4 aromatic carbocycles. The molecule has 5 rings (SSSR count). The normalized spacial score (nSPS) is 12.6. The Labute approximate surface area is 193 Å². The average molecular weight is 430 g/mol. The van der Waals surface area contributed by atoms with Crippen molar-refractivity contribution in [3.05, 3.63) is 130 Å². The molecule has 0 saturated heterocycles. The molecule has 0 aliphatic heterocycles. The molecule has 0 N–H and O–H groups in total. The summed E-state index contributed by atoms with van der Waals surface area (Å²) in [6.45, 7) is 4.15. The van der Waals surface area contributed by atoms with Crippen LogP contribution in [0.25, 0.3) is 6.08 Å². The van der Waals surface area contributed by atoms with E-state index < -0.39 is 0 Å². The van der Waals surface area contributed by atoms with Crippen LogP contribution in [0.5, 0.6) is 0 Å². The van der Waals surface area contributed by atoms with Crippen molar-refractivity contribution < 1.29 is 9.59 Å². The van der Waals surface area contributed by atoms with Gasteiger partial charge in [-0.2, -0.15) is 0 Å². The number of Topliss-reactive ketones (excluding diaryl/α,β-unsaturated/α-hetero) is 2. The predicted molar refractivity (Wildman–Crippen MR) is 134 cm³/mol. The zero-order chi connectivity index (χ0) is 22.9. The first-order valence-electron chi connectivity index (χ1n) is 10.9. The molecule has 1 aliphatic rings. The number of nitrogens with zero attached hydrogens (tertiary/aromatic N) is 1. The van der Waals surface area contributed by atoms with E-state index in [1.165, 1.54) is 11.1 Å². The molecule has 0 aromatic heterocycles. The van der Waals surface area contributed by atoms with E-state index in [0.29, 0.717) is 11.1 Å². The molecule has 3 nitrogen and oxygen atoms in total. The number of benzene rings is 4. The van der Waals surface area contributed by atoms with E-state index in [-0.39, 0.29) is 17.1 Å². The summed E-state index contributed by atoms with van der Waals surface area (Å²) >= 11 is 0. The van der Waals surface area contributed by atoms with Crippen molar-refractivity contribution in [1.82, 2.24) is 0 Å². The fourth-order valence-corrected chi connectivity index (χ4v) is 4.12. The number of anilines is 3. The van der Waals surface area contributed by atoms with E-state index in [1.54, 1.807) is 30.3 Å². The highest BCUT2D eigenvalue weighted by atomic mass is 16.2. The van der Waals surface area contributed by atoms with E-state index in [9.17, 15) is 9.59 Å². The number of ketones is 2. The average Bonchev–Trinajstić information content (AvgIpc) is 3.08. The van der Waals surface area contributed by atoms with E-state index in [2.05, 4.69) is 67.3 Å². The largest absolute Gasteiger partial charge is 0.311 e. The maximum atomic E-state index is 12.7. The molecule has 3 heteroatoms. The smallest absolute Gasteiger partial charge is 0.197 e. The first-order valence-corrected chi connectivity index (χ1v) is 10.9. The van der Waals surface area contributed by atoms with Gasteiger partial charge in [0.1, 0.15) is 0 Å². The number of rotatable bonds is 4. The van der Waals surface area contributed by atoms with Gasteiger partial charge >= 0.3 is 0 Å². The Balaban J connectivity index is 1.51. The molecule has 0 radical (unpaired) electrons. The lowest BCUT2D eigenvalue weighted by molar-refractivity contribution is 0.0990. The number of aryl methyl sites for hydroxylation is 2. The highest BCUT2D eigenvalue weighted by Gasteiger charge is 2.32. The van der Waals surface area contributed by atoms with Crippen LogP contribution in [-0.4, -0.2) is 11.6 Å². The summed E-state index contributed by atoms with van der Waals surface area (Å²) in [5.74, 6) is -0.416. The second-order valence-electron chi connectivity index (χ2n) is 8.36. The molecule has 0 saturated carbocycles. The quantitative estimate of drug-likeness (QED) is 0.253. The fourth-order valence-electron chi connectivity index (χ4n) is 4.12. The highest BCUT2D eigenvalue weighted by Crippen LogP contribution is 2.35. The first kappa shape index (κ1) is 20.7. The van der Waals surface area contributed by atoms with Crippen molar-refractivity contribution in [2.24, 2.45) is 0 Å². The molecule has 33 heavy (non-hydrogen) atoms. The van der Waals surface area contributed by atoms with Crippen LogP contribution in [0.2, 0.25) is 0 Å². The highest BCUT2D eigenvalue weighted by molar-refractivity contribution is 6.41. The maximum absolute atomic E-state index is 12.7. The molecule has 0 amide bonds. The number of carbonyl (C=O) groups excluding carboxylic acids is 2. The van der Waals surface area contributed by atoms with Crippen molar-refractivity contribution >= 4 is 34.7 Å². The van der Waals surface area contributed by atoms with Gasteiger partial charge in [-0.05, 0) is 61.9 Å². The second-order valence-corrected chi connectivity index (χ2v) is 8.36. The van der Waals surface area contributed by atoms with Gasteiger partial charge < -0.3 is 4.90 Å². The summed E-state index contributed by atoms with van der Waals surface area (Å²) < 4.78 is 0. The van der Waals surface area contributed by atoms with Crippen molar-refractivity contribution in [2.75, 3.05) is 4.90 Å². The Kier molecular flexibility index (Phi) is 5.23. The summed E-state index contributed by atoms with van der Waals surface area (Å²) in [5, 5.41) is 0. The molecular formula is C30H23NO2. The number of allylic oxidation sites excluding steroid dienone is 1. The second kappa shape index (κ2) is 8.36. The maximum Gasteiger partial charge on any atom is 0.197 e. The molecule has 0 fully saturated rings.